The van der Waals surface area contributed by atoms with Crippen molar-refractivity contribution in [2.45, 2.75) is 19.8 Å². The topological polar surface area (TPSA) is 63.6 Å². The van der Waals surface area contributed by atoms with Gasteiger partial charge in [0.05, 0.1) is 17.7 Å². The van der Waals surface area contributed by atoms with Crippen LogP contribution in [-0.4, -0.2) is 24.2 Å². The van der Waals surface area contributed by atoms with Gasteiger partial charge in [0.2, 0.25) is 0 Å². The molecule has 0 spiro atoms. The van der Waals surface area contributed by atoms with E-state index in [-0.39, 0.29) is 10.6 Å². The summed E-state index contributed by atoms with van der Waals surface area (Å²) in [6.07, 6.45) is 4.29. The quantitative estimate of drug-likeness (QED) is 0.665. The minimum Gasteiger partial charge on any atom is -0.478 e. The smallest absolute Gasteiger partial charge is 0.337 e. The van der Waals surface area contributed by atoms with Crippen molar-refractivity contribution in [3.63, 3.8) is 0 Å². The fourth-order valence-corrected chi connectivity index (χ4v) is 2.03. The fraction of sp³-hybridized carbons (Fsp3) is 0.286. The molecule has 0 atom stereocenters. The number of hydrogen-bond donors (Lipinski definition) is 1. The van der Waals surface area contributed by atoms with Crippen LogP contribution >= 0.6 is 11.6 Å². The largest absolute Gasteiger partial charge is 0.478 e. The number of carbonyl (C=O) groups is 2. The van der Waals surface area contributed by atoms with Gasteiger partial charge in [0.15, 0.2) is 0 Å². The molecule has 1 rings (SSSR count). The number of aryl methyl sites for hydroxylation is 1. The highest BCUT2D eigenvalue weighted by atomic mass is 35.5. The van der Waals surface area contributed by atoms with Crippen molar-refractivity contribution in [2.75, 3.05) is 7.11 Å². The van der Waals surface area contributed by atoms with E-state index in [2.05, 4.69) is 4.74 Å². The summed E-state index contributed by atoms with van der Waals surface area (Å²) in [7, 11) is 1.26. The Morgan fingerprint density at radius 2 is 2.11 bits per heavy atom. The molecule has 0 aliphatic heterocycles. The van der Waals surface area contributed by atoms with E-state index in [1.165, 1.54) is 19.3 Å². The molecule has 0 unspecified atom stereocenters. The minimum absolute atomic E-state index is 0.0123. The maximum Gasteiger partial charge on any atom is 0.337 e. The molecule has 0 saturated carbocycles. The van der Waals surface area contributed by atoms with Crippen LogP contribution < -0.4 is 0 Å². The Morgan fingerprint density at radius 3 is 2.63 bits per heavy atom. The number of aromatic carboxylic acids is 1. The second kappa shape index (κ2) is 6.95. The lowest BCUT2D eigenvalue weighted by atomic mass is 10.0. The standard InChI is InChI=1S/C14H15ClO4/c1-3-4-9-7-10(5-6-12(16)19-2)13(14(17)18)11(15)8-9/h5-8H,3-4H2,1-2H3,(H,17,18). The molecular formula is C14H15ClO4. The normalized spacial score (nSPS) is 10.7. The number of methoxy groups -OCH3 is 1. The third-order valence-corrected chi connectivity index (χ3v) is 2.83. The summed E-state index contributed by atoms with van der Waals surface area (Å²) in [5.74, 6) is -1.68. The zero-order valence-corrected chi connectivity index (χ0v) is 11.5. The summed E-state index contributed by atoms with van der Waals surface area (Å²) >= 11 is 5.98. The van der Waals surface area contributed by atoms with Gasteiger partial charge in [-0.2, -0.15) is 0 Å². The molecule has 1 aromatic rings. The maximum atomic E-state index is 11.2. The highest BCUT2D eigenvalue weighted by molar-refractivity contribution is 6.34. The van der Waals surface area contributed by atoms with Crippen LogP contribution in [0.4, 0.5) is 0 Å². The monoisotopic (exact) mass is 282 g/mol. The Kier molecular flexibility index (Phi) is 5.57. The molecule has 102 valence electrons. The summed E-state index contributed by atoms with van der Waals surface area (Å²) in [6, 6.07) is 3.36. The van der Waals surface area contributed by atoms with E-state index in [4.69, 9.17) is 16.7 Å². The van der Waals surface area contributed by atoms with Gasteiger partial charge in [0, 0.05) is 6.08 Å². The van der Waals surface area contributed by atoms with E-state index in [9.17, 15) is 9.59 Å². The Morgan fingerprint density at radius 1 is 1.42 bits per heavy atom. The van der Waals surface area contributed by atoms with E-state index < -0.39 is 11.9 Å². The fourth-order valence-electron chi connectivity index (χ4n) is 1.70. The molecule has 0 aromatic heterocycles. The van der Waals surface area contributed by atoms with E-state index in [1.54, 1.807) is 12.1 Å². The molecule has 0 amide bonds. The average Bonchev–Trinajstić information content (AvgIpc) is 2.35. The zero-order valence-electron chi connectivity index (χ0n) is 10.8. The molecule has 0 radical (unpaired) electrons. The highest BCUT2D eigenvalue weighted by Crippen LogP contribution is 2.24. The van der Waals surface area contributed by atoms with Crippen LogP contribution in [0.3, 0.4) is 0 Å². The van der Waals surface area contributed by atoms with Gasteiger partial charge in [0.25, 0.3) is 0 Å². The van der Waals surface area contributed by atoms with Gasteiger partial charge in [-0.3, -0.25) is 0 Å². The van der Waals surface area contributed by atoms with Crippen LogP contribution in [-0.2, 0) is 16.0 Å². The van der Waals surface area contributed by atoms with Gasteiger partial charge in [0.1, 0.15) is 0 Å². The number of carbonyl (C=O) groups excluding carboxylic acids is 1. The highest BCUT2D eigenvalue weighted by Gasteiger charge is 2.14. The van der Waals surface area contributed by atoms with Gasteiger partial charge in [-0.05, 0) is 29.7 Å². The predicted octanol–water partition coefficient (Wildman–Crippen LogP) is 3.18. The van der Waals surface area contributed by atoms with Crippen molar-refractivity contribution >= 4 is 29.6 Å². The van der Waals surface area contributed by atoms with E-state index in [0.29, 0.717) is 5.56 Å². The van der Waals surface area contributed by atoms with Crippen LogP contribution in [0.1, 0.15) is 34.8 Å². The van der Waals surface area contributed by atoms with Crippen molar-refractivity contribution in [3.05, 3.63) is 39.9 Å². The first-order valence-corrected chi connectivity index (χ1v) is 6.19. The van der Waals surface area contributed by atoms with E-state index >= 15 is 0 Å². The molecule has 1 aromatic carbocycles. The summed E-state index contributed by atoms with van der Waals surface area (Å²) in [5, 5.41) is 9.32. The Labute approximate surface area is 116 Å². The molecule has 5 heteroatoms. The summed E-state index contributed by atoms with van der Waals surface area (Å²) in [5.41, 5.74) is 1.32. The first-order chi connectivity index (χ1) is 8.99. The second-order valence-corrected chi connectivity index (χ2v) is 4.36. The number of ether oxygens (including phenoxy) is 1. The molecule has 0 aliphatic carbocycles. The molecule has 0 fully saturated rings. The number of halogens is 1. The lowest BCUT2D eigenvalue weighted by molar-refractivity contribution is -0.134. The minimum atomic E-state index is -1.13. The van der Waals surface area contributed by atoms with Crippen LogP contribution in [0.5, 0.6) is 0 Å². The second-order valence-electron chi connectivity index (χ2n) is 3.95. The van der Waals surface area contributed by atoms with Crippen LogP contribution in [0.15, 0.2) is 18.2 Å². The third kappa shape index (κ3) is 4.10. The molecular weight excluding hydrogens is 268 g/mol. The van der Waals surface area contributed by atoms with Crippen LogP contribution in [0.25, 0.3) is 6.08 Å². The third-order valence-electron chi connectivity index (χ3n) is 2.53. The van der Waals surface area contributed by atoms with Crippen molar-refractivity contribution < 1.29 is 19.4 Å². The van der Waals surface area contributed by atoms with Gasteiger partial charge in [-0.1, -0.05) is 31.0 Å². The van der Waals surface area contributed by atoms with Crippen LogP contribution in [0.2, 0.25) is 5.02 Å². The average molecular weight is 283 g/mol. The predicted molar refractivity (Wildman–Crippen MR) is 73.5 cm³/mol. The van der Waals surface area contributed by atoms with Gasteiger partial charge < -0.3 is 9.84 Å². The molecule has 0 bridgehead atoms. The van der Waals surface area contributed by atoms with Gasteiger partial charge in [-0.25, -0.2) is 9.59 Å². The van der Waals surface area contributed by atoms with Crippen molar-refractivity contribution in [1.82, 2.24) is 0 Å². The molecule has 4 nitrogen and oxygen atoms in total. The number of benzene rings is 1. The van der Waals surface area contributed by atoms with Crippen molar-refractivity contribution in [1.29, 1.82) is 0 Å². The van der Waals surface area contributed by atoms with E-state index in [1.807, 2.05) is 6.92 Å². The van der Waals surface area contributed by atoms with E-state index in [0.717, 1.165) is 18.4 Å². The first-order valence-electron chi connectivity index (χ1n) is 5.81. The van der Waals surface area contributed by atoms with Crippen molar-refractivity contribution in [3.8, 4) is 0 Å². The summed E-state index contributed by atoms with van der Waals surface area (Å²) < 4.78 is 4.47. The van der Waals surface area contributed by atoms with Crippen molar-refractivity contribution in [2.24, 2.45) is 0 Å². The van der Waals surface area contributed by atoms with Gasteiger partial charge >= 0.3 is 11.9 Å². The lowest BCUT2D eigenvalue weighted by Crippen LogP contribution is -2.03. The Balaban J connectivity index is 3.27. The number of carboxylic acid groups (broad SMARTS) is 1. The molecule has 19 heavy (non-hydrogen) atoms. The SMILES string of the molecule is CCCc1cc(Cl)c(C(=O)O)c(C=CC(=O)OC)c1. The number of esters is 1. The van der Waals surface area contributed by atoms with Gasteiger partial charge in [-0.15, -0.1) is 0 Å². The first kappa shape index (κ1) is 15.2. The summed E-state index contributed by atoms with van der Waals surface area (Å²) in [4.78, 5) is 22.3. The Hall–Kier alpha value is -1.81. The maximum absolute atomic E-state index is 11.2. The number of rotatable bonds is 5. The molecule has 0 saturated heterocycles. The lowest BCUT2D eigenvalue weighted by Gasteiger charge is -2.08. The molecule has 0 heterocycles. The van der Waals surface area contributed by atoms with Crippen LogP contribution in [0, 0.1) is 0 Å². The molecule has 0 aliphatic rings. The number of hydrogen-bond acceptors (Lipinski definition) is 3. The summed E-state index contributed by atoms with van der Waals surface area (Å²) in [6.45, 7) is 2.02. The Bertz CT molecular complexity index is 520. The zero-order chi connectivity index (χ0) is 14.4. The molecule has 1 N–H and O–H groups in total. The number of carboxylic acids is 1.